The maximum Gasteiger partial charge on any atom is 0.249 e. The summed E-state index contributed by atoms with van der Waals surface area (Å²) in [4.78, 5) is 14.1. The van der Waals surface area contributed by atoms with Gasteiger partial charge in [-0.25, -0.2) is 4.39 Å². The molecule has 2 heterocycles. The van der Waals surface area contributed by atoms with E-state index in [2.05, 4.69) is 5.32 Å². The van der Waals surface area contributed by atoms with E-state index in [4.69, 9.17) is 4.74 Å². The molecule has 3 atom stereocenters. The topological polar surface area (TPSA) is 41.6 Å². The third-order valence-electron chi connectivity index (χ3n) is 4.34. The monoisotopic (exact) mass is 314 g/mol. The molecule has 0 radical (unpaired) electrons. The van der Waals surface area contributed by atoms with E-state index in [0.29, 0.717) is 11.8 Å². The zero-order chi connectivity index (χ0) is 14.1. The van der Waals surface area contributed by atoms with Gasteiger partial charge in [-0.1, -0.05) is 12.1 Å². The molecule has 2 saturated heterocycles. The van der Waals surface area contributed by atoms with Crippen LogP contribution in [0.15, 0.2) is 24.3 Å². The second-order valence-electron chi connectivity index (χ2n) is 5.56. The number of ether oxygens (including phenoxy) is 1. The Morgan fingerprint density at radius 1 is 1.48 bits per heavy atom. The first-order chi connectivity index (χ1) is 9.70. The van der Waals surface area contributed by atoms with Crippen molar-refractivity contribution in [1.29, 1.82) is 0 Å². The molecular formula is C15H20ClFN2O2. The van der Waals surface area contributed by atoms with Crippen LogP contribution in [0.25, 0.3) is 0 Å². The molecule has 1 aromatic carbocycles. The van der Waals surface area contributed by atoms with Crippen LogP contribution in [-0.4, -0.2) is 44.2 Å². The number of hydrogen-bond acceptors (Lipinski definition) is 3. The number of nitrogens with zero attached hydrogens (tertiary/aromatic N) is 1. The summed E-state index contributed by atoms with van der Waals surface area (Å²) >= 11 is 0. The number of carbonyl (C=O) groups excluding carboxylic acids is 1. The Bertz CT molecular complexity index is 514. The maximum absolute atomic E-state index is 13.5. The number of rotatable bonds is 3. The molecule has 0 aliphatic carbocycles. The number of nitrogens with one attached hydrogen (secondary N) is 1. The van der Waals surface area contributed by atoms with Gasteiger partial charge in [-0.05, 0) is 23.6 Å². The predicted molar refractivity (Wildman–Crippen MR) is 79.8 cm³/mol. The zero-order valence-corrected chi connectivity index (χ0v) is 12.7. The summed E-state index contributed by atoms with van der Waals surface area (Å²) < 4.78 is 18.5. The van der Waals surface area contributed by atoms with Crippen molar-refractivity contribution >= 4 is 18.3 Å². The van der Waals surface area contributed by atoms with Gasteiger partial charge < -0.3 is 15.0 Å². The SMILES string of the molecule is COCC(=O)N1C[C@H]2CNC[C@H]2[C@@H]1c1cccc(F)c1.Cl. The standard InChI is InChI=1S/C15H19FN2O2.ClH/c1-20-9-14(19)18-8-11-6-17-7-13(11)15(18)10-3-2-4-12(16)5-10;/h2-5,11,13,15,17H,6-9H2,1H3;1H/t11-,13-,15+;/m1./s1. The molecule has 21 heavy (non-hydrogen) atoms. The number of fused-ring (bicyclic) bond motifs is 1. The van der Waals surface area contributed by atoms with E-state index in [1.54, 1.807) is 12.1 Å². The average Bonchev–Trinajstić information content (AvgIpc) is 2.98. The molecule has 1 aromatic rings. The predicted octanol–water partition coefficient (Wildman–Crippen LogP) is 1.61. The molecule has 0 aromatic heterocycles. The van der Waals surface area contributed by atoms with Crippen molar-refractivity contribution in [2.75, 3.05) is 33.4 Å². The minimum atomic E-state index is -0.254. The van der Waals surface area contributed by atoms with Gasteiger partial charge in [-0.15, -0.1) is 12.4 Å². The van der Waals surface area contributed by atoms with E-state index in [9.17, 15) is 9.18 Å². The van der Waals surface area contributed by atoms with Gasteiger partial charge in [-0.2, -0.15) is 0 Å². The van der Waals surface area contributed by atoms with E-state index < -0.39 is 0 Å². The van der Waals surface area contributed by atoms with Gasteiger partial charge in [0.25, 0.3) is 0 Å². The summed E-state index contributed by atoms with van der Waals surface area (Å²) in [5.74, 6) is 0.536. The first-order valence-corrected chi connectivity index (χ1v) is 6.95. The summed E-state index contributed by atoms with van der Waals surface area (Å²) in [6.45, 7) is 2.61. The van der Waals surface area contributed by atoms with E-state index in [1.165, 1.54) is 13.2 Å². The van der Waals surface area contributed by atoms with Crippen molar-refractivity contribution in [1.82, 2.24) is 10.2 Å². The number of benzene rings is 1. The molecule has 116 valence electrons. The highest BCUT2D eigenvalue weighted by atomic mass is 35.5. The fourth-order valence-corrected chi connectivity index (χ4v) is 3.50. The highest BCUT2D eigenvalue weighted by Crippen LogP contribution is 2.42. The van der Waals surface area contributed by atoms with E-state index >= 15 is 0 Å². The number of methoxy groups -OCH3 is 1. The first-order valence-electron chi connectivity index (χ1n) is 6.95. The highest BCUT2D eigenvalue weighted by Gasteiger charge is 2.46. The molecule has 0 unspecified atom stereocenters. The summed E-state index contributed by atoms with van der Waals surface area (Å²) in [5.41, 5.74) is 0.880. The van der Waals surface area contributed by atoms with Gasteiger partial charge in [0.2, 0.25) is 5.91 Å². The second-order valence-corrected chi connectivity index (χ2v) is 5.56. The third-order valence-corrected chi connectivity index (χ3v) is 4.34. The van der Waals surface area contributed by atoms with Crippen LogP contribution in [0.5, 0.6) is 0 Å². The Balaban J connectivity index is 0.00000161. The lowest BCUT2D eigenvalue weighted by atomic mass is 9.89. The largest absolute Gasteiger partial charge is 0.375 e. The van der Waals surface area contributed by atoms with E-state index in [1.807, 2.05) is 11.0 Å². The minimum Gasteiger partial charge on any atom is -0.375 e. The summed E-state index contributed by atoms with van der Waals surface area (Å²) in [6.07, 6.45) is 0. The van der Waals surface area contributed by atoms with Gasteiger partial charge in [0, 0.05) is 32.7 Å². The molecule has 0 saturated carbocycles. The maximum atomic E-state index is 13.5. The average molecular weight is 315 g/mol. The van der Waals surface area contributed by atoms with Crippen LogP contribution < -0.4 is 5.32 Å². The molecule has 2 fully saturated rings. The minimum absolute atomic E-state index is 0. The van der Waals surface area contributed by atoms with Gasteiger partial charge in [0.15, 0.2) is 0 Å². The molecule has 6 heteroatoms. The Morgan fingerprint density at radius 3 is 3.00 bits per heavy atom. The van der Waals surface area contributed by atoms with Crippen LogP contribution in [-0.2, 0) is 9.53 Å². The van der Waals surface area contributed by atoms with Crippen molar-refractivity contribution in [2.24, 2.45) is 11.8 Å². The van der Waals surface area contributed by atoms with Crippen LogP contribution in [0.3, 0.4) is 0 Å². The van der Waals surface area contributed by atoms with Crippen molar-refractivity contribution < 1.29 is 13.9 Å². The quantitative estimate of drug-likeness (QED) is 0.921. The molecule has 0 spiro atoms. The van der Waals surface area contributed by atoms with E-state index in [-0.39, 0.29) is 36.8 Å². The lowest BCUT2D eigenvalue weighted by molar-refractivity contribution is -0.136. The van der Waals surface area contributed by atoms with Crippen molar-refractivity contribution in [3.63, 3.8) is 0 Å². The molecule has 3 rings (SSSR count). The molecule has 4 nitrogen and oxygen atoms in total. The Labute approximate surface area is 130 Å². The van der Waals surface area contributed by atoms with Gasteiger partial charge >= 0.3 is 0 Å². The molecule has 0 bridgehead atoms. The summed E-state index contributed by atoms with van der Waals surface area (Å²) in [5, 5.41) is 3.37. The van der Waals surface area contributed by atoms with Gasteiger partial charge in [0.05, 0.1) is 6.04 Å². The molecule has 2 aliphatic rings. The van der Waals surface area contributed by atoms with Crippen LogP contribution in [0.2, 0.25) is 0 Å². The Morgan fingerprint density at radius 2 is 2.29 bits per heavy atom. The number of likely N-dealkylation sites (tertiary alicyclic amines) is 1. The molecule has 2 aliphatic heterocycles. The molecular weight excluding hydrogens is 295 g/mol. The van der Waals surface area contributed by atoms with Crippen LogP contribution in [0.4, 0.5) is 4.39 Å². The Hall–Kier alpha value is -1.17. The fraction of sp³-hybridized carbons (Fsp3) is 0.533. The van der Waals surface area contributed by atoms with Gasteiger partial charge in [0.1, 0.15) is 12.4 Å². The Kier molecular flexibility index (Phi) is 5.19. The van der Waals surface area contributed by atoms with E-state index in [0.717, 1.165) is 25.2 Å². The zero-order valence-electron chi connectivity index (χ0n) is 11.9. The number of halogens is 2. The van der Waals surface area contributed by atoms with Crippen LogP contribution in [0, 0.1) is 17.7 Å². The van der Waals surface area contributed by atoms with Crippen molar-refractivity contribution in [3.8, 4) is 0 Å². The summed E-state index contributed by atoms with van der Waals surface area (Å²) in [7, 11) is 1.52. The number of carbonyl (C=O) groups is 1. The number of amides is 1. The first kappa shape index (κ1) is 16.2. The van der Waals surface area contributed by atoms with Crippen molar-refractivity contribution in [3.05, 3.63) is 35.6 Å². The van der Waals surface area contributed by atoms with Gasteiger partial charge in [-0.3, -0.25) is 4.79 Å². The van der Waals surface area contributed by atoms with Crippen LogP contribution in [0.1, 0.15) is 11.6 Å². The lowest BCUT2D eigenvalue weighted by Crippen LogP contribution is -2.36. The number of hydrogen-bond donors (Lipinski definition) is 1. The van der Waals surface area contributed by atoms with Crippen LogP contribution >= 0.6 is 12.4 Å². The summed E-state index contributed by atoms with van der Waals surface area (Å²) in [6, 6.07) is 6.54. The normalized spacial score (nSPS) is 27.3. The molecule has 1 amide bonds. The smallest absolute Gasteiger partial charge is 0.249 e. The highest BCUT2D eigenvalue weighted by molar-refractivity contribution is 5.85. The second kappa shape index (κ2) is 6.73. The van der Waals surface area contributed by atoms with Crippen molar-refractivity contribution in [2.45, 2.75) is 6.04 Å². The lowest BCUT2D eigenvalue weighted by Gasteiger charge is -2.28. The molecule has 1 N–H and O–H groups in total. The fourth-order valence-electron chi connectivity index (χ4n) is 3.50. The third kappa shape index (κ3) is 3.05.